The number of aliphatic hydroxyl groups excluding tert-OH is 1. The minimum absolute atomic E-state index is 0.0156. The van der Waals surface area contributed by atoms with E-state index in [1.54, 1.807) is 24.3 Å². The van der Waals surface area contributed by atoms with Gasteiger partial charge in [-0.25, -0.2) is 14.0 Å². The Bertz CT molecular complexity index is 1530. The van der Waals surface area contributed by atoms with Crippen LogP contribution in [0, 0.1) is 11.2 Å². The molecule has 38 heavy (non-hydrogen) atoms. The Morgan fingerprint density at radius 2 is 2.03 bits per heavy atom. The molecule has 14 heteroatoms. The van der Waals surface area contributed by atoms with Crippen LogP contribution < -0.4 is 26.2 Å². The number of thiophene rings is 1. The van der Waals surface area contributed by atoms with Gasteiger partial charge in [-0.05, 0) is 41.8 Å². The van der Waals surface area contributed by atoms with Crippen molar-refractivity contribution in [3.8, 4) is 17.2 Å². The molecule has 0 saturated heterocycles. The number of nitrogens with one attached hydrogen (secondary N) is 3. The molecule has 198 valence electrons. The Kier molecular flexibility index (Phi) is 7.74. The molecule has 2 heterocycles. The molecule has 2 aromatic carbocycles. The van der Waals surface area contributed by atoms with Crippen LogP contribution in [0.2, 0.25) is 0 Å². The number of H-pyrrole nitrogens is 1. The second-order valence-corrected chi connectivity index (χ2v) is 8.75. The normalized spacial score (nSPS) is 11.7. The largest absolute Gasteiger partial charge is 0.493 e. The molecule has 0 aliphatic carbocycles. The van der Waals surface area contributed by atoms with E-state index < -0.39 is 23.5 Å². The predicted molar refractivity (Wildman–Crippen MR) is 137 cm³/mol. The molecule has 0 radical (unpaired) electrons. The number of carbonyl (C=O) groups is 1. The number of benzene rings is 2. The van der Waals surface area contributed by atoms with Crippen LogP contribution in [0.5, 0.6) is 11.5 Å². The molecule has 0 aliphatic rings. The van der Waals surface area contributed by atoms with Gasteiger partial charge in [0.05, 0.1) is 19.4 Å². The quantitative estimate of drug-likeness (QED) is 0.122. The van der Waals surface area contributed by atoms with Crippen molar-refractivity contribution in [1.82, 2.24) is 14.8 Å². The summed E-state index contributed by atoms with van der Waals surface area (Å²) in [6.45, 7) is -0.365. The van der Waals surface area contributed by atoms with Gasteiger partial charge >= 0.3 is 11.7 Å². The Hall–Kier alpha value is -4.69. The maximum absolute atomic E-state index is 15.5. The van der Waals surface area contributed by atoms with Crippen LogP contribution in [0.4, 0.5) is 10.1 Å². The lowest BCUT2D eigenvalue weighted by molar-refractivity contribution is 0.0702. The summed E-state index contributed by atoms with van der Waals surface area (Å²) in [6, 6.07) is 9.25. The van der Waals surface area contributed by atoms with Gasteiger partial charge in [-0.2, -0.15) is 4.68 Å². The Balaban J connectivity index is 1.83. The number of aromatic carboxylic acids is 1. The molecule has 2 aromatic heterocycles. The number of nitrogens with zero attached hydrogens (tertiary/aromatic N) is 2. The molecule has 1 atom stereocenters. The van der Waals surface area contributed by atoms with Crippen molar-refractivity contribution in [3.05, 3.63) is 86.0 Å². The van der Waals surface area contributed by atoms with Gasteiger partial charge in [0.25, 0.3) is 0 Å². The zero-order valence-corrected chi connectivity index (χ0v) is 20.7. The van der Waals surface area contributed by atoms with E-state index in [0.717, 1.165) is 22.1 Å². The number of amidine groups is 1. The zero-order chi connectivity index (χ0) is 27.4. The average molecular weight is 543 g/mol. The molecule has 7 N–H and O–H groups in total. The highest BCUT2D eigenvalue weighted by molar-refractivity contribution is 7.12. The van der Waals surface area contributed by atoms with E-state index in [4.69, 9.17) is 25.7 Å². The minimum Gasteiger partial charge on any atom is -0.493 e. The van der Waals surface area contributed by atoms with Crippen LogP contribution in [-0.2, 0) is 0 Å². The van der Waals surface area contributed by atoms with Crippen LogP contribution >= 0.6 is 11.3 Å². The highest BCUT2D eigenvalue weighted by Crippen LogP contribution is 2.35. The number of aromatic amines is 1. The number of nitrogen functional groups attached to an aromatic ring is 1. The minimum atomic E-state index is -1.22. The van der Waals surface area contributed by atoms with E-state index in [0.29, 0.717) is 11.3 Å². The van der Waals surface area contributed by atoms with E-state index in [1.165, 1.54) is 24.6 Å². The number of hydrogen-bond acceptors (Lipinski definition) is 9. The summed E-state index contributed by atoms with van der Waals surface area (Å²) in [5, 5.41) is 35.0. The second-order valence-electron chi connectivity index (χ2n) is 7.83. The summed E-state index contributed by atoms with van der Waals surface area (Å²) in [5.41, 5.74) is 5.84. The number of anilines is 1. The third-order valence-corrected chi connectivity index (χ3v) is 6.32. The van der Waals surface area contributed by atoms with E-state index in [1.807, 2.05) is 0 Å². The van der Waals surface area contributed by atoms with Crippen LogP contribution in [0.3, 0.4) is 0 Å². The Morgan fingerprint density at radius 3 is 2.66 bits per heavy atom. The molecule has 4 rings (SSSR count). The summed E-state index contributed by atoms with van der Waals surface area (Å²) in [4.78, 5) is 26.9. The summed E-state index contributed by atoms with van der Waals surface area (Å²) in [5.74, 6) is -1.86. The number of rotatable bonds is 11. The van der Waals surface area contributed by atoms with Crippen molar-refractivity contribution in [2.45, 2.75) is 6.04 Å². The van der Waals surface area contributed by atoms with Gasteiger partial charge in [0.2, 0.25) is 0 Å². The summed E-state index contributed by atoms with van der Waals surface area (Å²) >= 11 is 0.932. The average Bonchev–Trinajstić information content (AvgIpc) is 3.53. The maximum atomic E-state index is 15.5. The number of hydrogen-bond donors (Lipinski definition) is 6. The number of carboxylic acids is 1. The molecular weight excluding hydrogens is 519 g/mol. The maximum Gasteiger partial charge on any atom is 0.348 e. The first-order valence-electron chi connectivity index (χ1n) is 11.1. The summed E-state index contributed by atoms with van der Waals surface area (Å²) in [6.07, 6.45) is 0. The fourth-order valence-corrected chi connectivity index (χ4v) is 4.38. The number of aliphatic hydroxyl groups is 1. The number of aromatic nitrogens is 3. The van der Waals surface area contributed by atoms with E-state index in [9.17, 15) is 14.7 Å². The number of carboxylic acid groups (broad SMARTS) is 1. The number of ether oxygens (including phenoxy) is 2. The van der Waals surface area contributed by atoms with Gasteiger partial charge in [0.1, 0.15) is 29.2 Å². The number of nitrogens with two attached hydrogens (primary N) is 1. The molecule has 0 amide bonds. The SMILES string of the molecule is COc1cc(C(Nc2ccc(C(=N)N)cc2)c2nn(-c3ccsc3C(=O)O)c(=O)[nH]2)c(F)cc1OCCO. The van der Waals surface area contributed by atoms with Crippen LogP contribution in [0.25, 0.3) is 5.69 Å². The lowest BCUT2D eigenvalue weighted by atomic mass is 10.0. The molecule has 0 aliphatic heterocycles. The molecule has 1 unspecified atom stereocenters. The number of halogens is 1. The fourth-order valence-electron chi connectivity index (χ4n) is 3.67. The van der Waals surface area contributed by atoms with E-state index >= 15 is 4.39 Å². The lowest BCUT2D eigenvalue weighted by Gasteiger charge is -2.21. The van der Waals surface area contributed by atoms with Crippen molar-refractivity contribution in [2.24, 2.45) is 5.73 Å². The molecule has 0 bridgehead atoms. The van der Waals surface area contributed by atoms with Crippen LogP contribution in [-0.4, -0.2) is 57.1 Å². The van der Waals surface area contributed by atoms with Gasteiger partial charge in [0, 0.05) is 22.9 Å². The molecule has 0 spiro atoms. The Morgan fingerprint density at radius 1 is 1.29 bits per heavy atom. The number of methoxy groups -OCH3 is 1. The molecule has 0 saturated carbocycles. The highest BCUT2D eigenvalue weighted by atomic mass is 32.1. The van der Waals surface area contributed by atoms with Crippen LogP contribution in [0.1, 0.15) is 32.7 Å². The van der Waals surface area contributed by atoms with Gasteiger partial charge in [-0.3, -0.25) is 10.4 Å². The lowest BCUT2D eigenvalue weighted by Crippen LogP contribution is -2.17. The topological polar surface area (TPSA) is 189 Å². The molecular formula is C24H23FN6O6S. The van der Waals surface area contributed by atoms with E-state index in [-0.39, 0.29) is 52.5 Å². The monoisotopic (exact) mass is 542 g/mol. The van der Waals surface area contributed by atoms with E-state index in [2.05, 4.69) is 15.4 Å². The smallest absolute Gasteiger partial charge is 0.348 e. The molecule has 4 aromatic rings. The summed E-state index contributed by atoms with van der Waals surface area (Å²) < 4.78 is 27.1. The van der Waals surface area contributed by atoms with Crippen molar-refractivity contribution in [2.75, 3.05) is 25.6 Å². The van der Waals surface area contributed by atoms with Gasteiger partial charge in [-0.1, -0.05) is 0 Å². The van der Waals surface area contributed by atoms with Gasteiger partial charge in [0.15, 0.2) is 17.3 Å². The van der Waals surface area contributed by atoms with Crippen molar-refractivity contribution < 1.29 is 28.9 Å². The van der Waals surface area contributed by atoms with Crippen molar-refractivity contribution in [1.29, 1.82) is 5.41 Å². The van der Waals surface area contributed by atoms with Gasteiger partial charge in [-0.15, -0.1) is 16.4 Å². The summed E-state index contributed by atoms with van der Waals surface area (Å²) in [7, 11) is 1.37. The first kappa shape index (κ1) is 26.4. The second kappa shape index (κ2) is 11.1. The third kappa shape index (κ3) is 5.35. The first-order chi connectivity index (χ1) is 18.2. The third-order valence-electron chi connectivity index (χ3n) is 5.43. The molecule has 12 nitrogen and oxygen atoms in total. The van der Waals surface area contributed by atoms with Gasteiger partial charge < -0.3 is 30.7 Å². The van der Waals surface area contributed by atoms with Crippen LogP contribution in [0.15, 0.2) is 52.6 Å². The Labute approximate surface area is 218 Å². The fraction of sp³-hybridized carbons (Fsp3) is 0.167. The van der Waals surface area contributed by atoms with Crippen molar-refractivity contribution in [3.63, 3.8) is 0 Å². The standard InChI is InChI=1S/C24H23FN6O6S/c1-36-17-10-14(15(25)11-18(17)37-8-7-32)19(28-13-4-2-12(3-5-13)21(26)27)22-29-24(35)31(30-22)16-6-9-38-20(16)23(33)34/h2-6,9-11,19,28,32H,7-8H2,1H3,(H3,26,27)(H,33,34)(H,29,30,35). The predicted octanol–water partition coefficient (Wildman–Crippen LogP) is 2.32. The van der Waals surface area contributed by atoms with Crippen molar-refractivity contribution >= 4 is 28.8 Å². The highest BCUT2D eigenvalue weighted by Gasteiger charge is 2.27. The molecule has 0 fully saturated rings. The first-order valence-corrected chi connectivity index (χ1v) is 11.9. The zero-order valence-electron chi connectivity index (χ0n) is 19.9.